The minimum atomic E-state index is -4.18. The van der Waals surface area contributed by atoms with Crippen LogP contribution in [-0.2, 0) is 4.79 Å². The van der Waals surface area contributed by atoms with Crippen molar-refractivity contribution in [3.8, 4) is 0 Å². The number of halogens is 3. The largest absolute Gasteiger partial charge is 0.390 e. The fourth-order valence-electron chi connectivity index (χ4n) is 1.47. The molecule has 1 rings (SSSR count). The minimum absolute atomic E-state index is 0.189. The third kappa shape index (κ3) is 3.22. The number of nitrogens with two attached hydrogens (primary N) is 1. The van der Waals surface area contributed by atoms with Crippen molar-refractivity contribution >= 4 is 5.91 Å². The Morgan fingerprint density at radius 3 is 2.54 bits per heavy atom. The van der Waals surface area contributed by atoms with Crippen LogP contribution in [0.3, 0.4) is 0 Å². The highest BCUT2D eigenvalue weighted by Gasteiger charge is 2.37. The van der Waals surface area contributed by atoms with Gasteiger partial charge in [0.1, 0.15) is 0 Å². The molecular formula is C7H11F3N2O. The molecular weight excluding hydrogens is 185 g/mol. The lowest BCUT2D eigenvalue weighted by Gasteiger charge is -2.12. The monoisotopic (exact) mass is 196 g/mol. The van der Waals surface area contributed by atoms with Gasteiger partial charge in [0.05, 0.1) is 12.3 Å². The van der Waals surface area contributed by atoms with E-state index in [1.807, 2.05) is 0 Å². The lowest BCUT2D eigenvalue weighted by Crippen LogP contribution is -2.27. The molecule has 2 unspecified atom stereocenters. The standard InChI is InChI=1S/C7H11F3N2O/c8-7(9,10)2-5-1-4(3-12-5)6(11)13/h4-5,12H,1-3H2,(H2,11,13). The molecule has 3 N–H and O–H groups in total. The number of hydrogen-bond acceptors (Lipinski definition) is 2. The number of nitrogens with one attached hydrogen (secondary N) is 1. The van der Waals surface area contributed by atoms with Crippen LogP contribution in [0.1, 0.15) is 12.8 Å². The van der Waals surface area contributed by atoms with Crippen molar-refractivity contribution in [2.75, 3.05) is 6.54 Å². The Bertz CT molecular complexity index is 204. The number of primary amides is 1. The molecule has 1 amide bonds. The Morgan fingerprint density at radius 2 is 2.15 bits per heavy atom. The molecule has 3 nitrogen and oxygen atoms in total. The van der Waals surface area contributed by atoms with Gasteiger partial charge in [-0.3, -0.25) is 4.79 Å². The van der Waals surface area contributed by atoms with Gasteiger partial charge in [-0.15, -0.1) is 0 Å². The molecule has 1 heterocycles. The molecule has 2 atom stereocenters. The highest BCUT2D eigenvalue weighted by atomic mass is 19.4. The Morgan fingerprint density at radius 1 is 1.54 bits per heavy atom. The molecule has 76 valence electrons. The van der Waals surface area contributed by atoms with Crippen LogP contribution in [0.25, 0.3) is 0 Å². The SMILES string of the molecule is NC(=O)C1CNC(CC(F)(F)F)C1. The van der Waals surface area contributed by atoms with Crippen molar-refractivity contribution in [1.82, 2.24) is 5.32 Å². The highest BCUT2D eigenvalue weighted by molar-refractivity contribution is 5.77. The summed E-state index contributed by atoms with van der Waals surface area (Å²) in [5, 5.41) is 2.62. The van der Waals surface area contributed by atoms with Gasteiger partial charge in [0.15, 0.2) is 0 Å². The molecule has 1 saturated heterocycles. The van der Waals surface area contributed by atoms with Crippen molar-refractivity contribution in [2.45, 2.75) is 25.1 Å². The third-order valence-corrected chi connectivity index (χ3v) is 2.10. The second-order valence-corrected chi connectivity index (χ2v) is 3.26. The summed E-state index contributed by atoms with van der Waals surface area (Å²) in [6.45, 7) is 0.260. The summed E-state index contributed by atoms with van der Waals surface area (Å²) in [4.78, 5) is 10.6. The van der Waals surface area contributed by atoms with Crippen LogP contribution >= 0.6 is 0 Å². The van der Waals surface area contributed by atoms with Crippen molar-refractivity contribution in [3.63, 3.8) is 0 Å². The molecule has 0 aromatic heterocycles. The maximum absolute atomic E-state index is 11.9. The number of amides is 1. The van der Waals surface area contributed by atoms with Crippen molar-refractivity contribution in [2.24, 2.45) is 11.7 Å². The van der Waals surface area contributed by atoms with Gasteiger partial charge in [-0.1, -0.05) is 0 Å². The Kier molecular flexibility index (Phi) is 2.80. The van der Waals surface area contributed by atoms with E-state index in [4.69, 9.17) is 5.73 Å². The van der Waals surface area contributed by atoms with Crippen LogP contribution in [-0.4, -0.2) is 24.7 Å². The zero-order chi connectivity index (χ0) is 10.1. The zero-order valence-corrected chi connectivity index (χ0v) is 6.90. The Labute approximate surface area is 73.5 Å². The molecule has 0 bridgehead atoms. The molecule has 0 aromatic carbocycles. The number of carbonyl (C=O) groups excluding carboxylic acids is 1. The van der Waals surface area contributed by atoms with Gasteiger partial charge in [-0.25, -0.2) is 0 Å². The van der Waals surface area contributed by atoms with Crippen molar-refractivity contribution in [3.05, 3.63) is 0 Å². The van der Waals surface area contributed by atoms with Gasteiger partial charge in [0.2, 0.25) is 5.91 Å². The first-order chi connectivity index (χ1) is 5.88. The maximum Gasteiger partial charge on any atom is 0.390 e. The number of hydrogen-bond donors (Lipinski definition) is 2. The van der Waals surface area contributed by atoms with Crippen LogP contribution in [0.4, 0.5) is 13.2 Å². The predicted octanol–water partition coefficient (Wildman–Crippen LogP) is 0.402. The first kappa shape index (κ1) is 10.3. The highest BCUT2D eigenvalue weighted by Crippen LogP contribution is 2.26. The van der Waals surface area contributed by atoms with E-state index in [2.05, 4.69) is 5.32 Å². The van der Waals surface area contributed by atoms with E-state index in [9.17, 15) is 18.0 Å². The number of alkyl halides is 3. The van der Waals surface area contributed by atoms with E-state index < -0.39 is 30.5 Å². The van der Waals surface area contributed by atoms with Crippen LogP contribution in [0.15, 0.2) is 0 Å². The van der Waals surface area contributed by atoms with Gasteiger partial charge in [0, 0.05) is 12.6 Å². The lowest BCUT2D eigenvalue weighted by atomic mass is 10.0. The van der Waals surface area contributed by atoms with E-state index >= 15 is 0 Å². The number of rotatable bonds is 2. The van der Waals surface area contributed by atoms with Crippen LogP contribution in [0.2, 0.25) is 0 Å². The lowest BCUT2D eigenvalue weighted by molar-refractivity contribution is -0.139. The van der Waals surface area contributed by atoms with Gasteiger partial charge < -0.3 is 11.1 Å². The molecule has 1 aliphatic rings. The predicted molar refractivity (Wildman–Crippen MR) is 39.8 cm³/mol. The molecule has 0 spiro atoms. The smallest absolute Gasteiger partial charge is 0.369 e. The first-order valence-corrected chi connectivity index (χ1v) is 3.98. The summed E-state index contributed by atoms with van der Waals surface area (Å²) in [5.74, 6) is -0.982. The molecule has 0 radical (unpaired) electrons. The van der Waals surface area contributed by atoms with E-state index in [1.165, 1.54) is 0 Å². The summed E-state index contributed by atoms with van der Waals surface area (Å²) in [6, 6.07) is -0.655. The first-order valence-electron chi connectivity index (χ1n) is 3.98. The second kappa shape index (κ2) is 3.53. The molecule has 1 fully saturated rings. The van der Waals surface area contributed by atoms with Crippen molar-refractivity contribution < 1.29 is 18.0 Å². The molecule has 1 aliphatic heterocycles. The van der Waals surface area contributed by atoms with E-state index in [-0.39, 0.29) is 13.0 Å². The van der Waals surface area contributed by atoms with Gasteiger partial charge >= 0.3 is 6.18 Å². The fourth-order valence-corrected chi connectivity index (χ4v) is 1.47. The summed E-state index contributed by atoms with van der Waals surface area (Å²) in [6.07, 6.45) is -4.88. The molecule has 6 heteroatoms. The van der Waals surface area contributed by atoms with Gasteiger partial charge in [0.25, 0.3) is 0 Å². The Hall–Kier alpha value is -0.780. The number of carbonyl (C=O) groups is 1. The molecule has 13 heavy (non-hydrogen) atoms. The van der Waals surface area contributed by atoms with Crippen molar-refractivity contribution in [1.29, 1.82) is 0 Å². The quantitative estimate of drug-likeness (QED) is 0.671. The minimum Gasteiger partial charge on any atom is -0.369 e. The molecule has 0 saturated carbocycles. The van der Waals surface area contributed by atoms with E-state index in [0.29, 0.717) is 0 Å². The zero-order valence-electron chi connectivity index (χ0n) is 6.90. The summed E-state index contributed by atoms with van der Waals surface area (Å²) >= 11 is 0. The van der Waals surface area contributed by atoms with Gasteiger partial charge in [-0.2, -0.15) is 13.2 Å². The van der Waals surface area contributed by atoms with E-state index in [1.54, 1.807) is 0 Å². The van der Waals surface area contributed by atoms with Gasteiger partial charge in [-0.05, 0) is 6.42 Å². The fraction of sp³-hybridized carbons (Fsp3) is 0.857. The van der Waals surface area contributed by atoms with Crippen LogP contribution in [0, 0.1) is 5.92 Å². The molecule has 0 aliphatic carbocycles. The van der Waals surface area contributed by atoms with E-state index in [0.717, 1.165) is 0 Å². The average Bonchev–Trinajstić information content (AvgIpc) is 2.31. The topological polar surface area (TPSA) is 55.1 Å². The maximum atomic E-state index is 11.9. The second-order valence-electron chi connectivity index (χ2n) is 3.26. The third-order valence-electron chi connectivity index (χ3n) is 2.10. The summed E-state index contributed by atoms with van der Waals surface area (Å²) in [5.41, 5.74) is 4.96. The van der Waals surface area contributed by atoms with Crippen LogP contribution in [0.5, 0.6) is 0 Å². The molecule has 0 aromatic rings. The Balaban J connectivity index is 2.38. The summed E-state index contributed by atoms with van der Waals surface area (Å²) < 4.78 is 35.6. The van der Waals surface area contributed by atoms with Crippen LogP contribution < -0.4 is 11.1 Å². The average molecular weight is 196 g/mol. The normalized spacial score (nSPS) is 29.2. The summed E-state index contributed by atoms with van der Waals surface area (Å²) in [7, 11) is 0.